The molecular weight excluding hydrogens is 773 g/mol. The topological polar surface area (TPSA) is 208 Å². The van der Waals surface area contributed by atoms with Crippen molar-refractivity contribution in [2.24, 2.45) is 0 Å². The molecule has 10 rings (SSSR count). The van der Waals surface area contributed by atoms with Crippen molar-refractivity contribution in [1.82, 2.24) is 20.9 Å². The third-order valence-corrected chi connectivity index (χ3v) is 10.7. The third kappa shape index (κ3) is 4.97. The average molecular weight is 795 g/mol. The molecular formula is C44H22N6O10. The van der Waals surface area contributed by atoms with Crippen LogP contribution in [0.4, 0.5) is 11.4 Å². The van der Waals surface area contributed by atoms with Gasteiger partial charge >= 0.3 is 0 Å². The number of fused-ring (bicyclic) bond motifs is 5. The zero-order chi connectivity index (χ0) is 41.7. The number of carbonyl (C=O) groups excluding carboxylic acids is 10. The molecule has 0 aromatic heterocycles. The summed E-state index contributed by atoms with van der Waals surface area (Å²) < 4.78 is 0. The van der Waals surface area contributed by atoms with E-state index in [2.05, 4.69) is 10.9 Å². The van der Waals surface area contributed by atoms with Crippen molar-refractivity contribution < 1.29 is 47.9 Å². The Morgan fingerprint density at radius 3 is 1.00 bits per heavy atom. The van der Waals surface area contributed by atoms with Gasteiger partial charge in [0.05, 0.1) is 55.9 Å². The monoisotopic (exact) mass is 794 g/mol. The number of benzene rings is 6. The summed E-state index contributed by atoms with van der Waals surface area (Å²) in [6, 6.07) is 28.9. The Kier molecular flexibility index (Phi) is 7.57. The van der Waals surface area contributed by atoms with Crippen molar-refractivity contribution >= 4 is 81.2 Å². The van der Waals surface area contributed by atoms with E-state index in [1.165, 1.54) is 84.9 Å². The predicted octanol–water partition coefficient (Wildman–Crippen LogP) is 4.32. The van der Waals surface area contributed by atoms with E-state index in [0.29, 0.717) is 20.8 Å². The van der Waals surface area contributed by atoms with E-state index in [1.807, 2.05) is 0 Å². The number of rotatable bonds is 6. The van der Waals surface area contributed by atoms with Crippen molar-refractivity contribution in [3.8, 4) is 0 Å². The predicted molar refractivity (Wildman–Crippen MR) is 208 cm³/mol. The van der Waals surface area contributed by atoms with Crippen LogP contribution < -0.4 is 20.7 Å². The largest absolute Gasteiger partial charge is 0.280 e. The molecule has 2 N–H and O–H groups in total. The van der Waals surface area contributed by atoms with Gasteiger partial charge in [0.25, 0.3) is 59.1 Å². The fraction of sp³-hybridized carbons (Fsp3) is 0. The van der Waals surface area contributed by atoms with Gasteiger partial charge in [0.15, 0.2) is 0 Å². The minimum atomic E-state index is -0.878. The van der Waals surface area contributed by atoms with Gasteiger partial charge in [-0.25, -0.2) is 9.80 Å². The Morgan fingerprint density at radius 2 is 0.650 bits per heavy atom. The number of amides is 10. The molecule has 0 fully saturated rings. The fourth-order valence-electron chi connectivity index (χ4n) is 7.78. The van der Waals surface area contributed by atoms with Gasteiger partial charge in [-0.15, -0.1) is 0 Å². The number of carbonyl (C=O) groups is 10. The number of imide groups is 4. The van der Waals surface area contributed by atoms with E-state index in [0.717, 1.165) is 9.80 Å². The van der Waals surface area contributed by atoms with E-state index in [1.54, 1.807) is 36.4 Å². The molecule has 0 aliphatic carbocycles. The highest BCUT2D eigenvalue weighted by molar-refractivity contribution is 6.39. The SMILES string of the molecule is O=C(NN1C(=O)c2ccccc2C1=O)c1ccc2c(c1)C(=O)N(c1cccc3c(N4C(=O)c5ccc(C(=O)NN6C(=O)c7ccccc7C6=O)cc5C4=O)cccc13)C2=O. The van der Waals surface area contributed by atoms with Gasteiger partial charge < -0.3 is 0 Å². The van der Waals surface area contributed by atoms with Gasteiger partial charge in [-0.2, -0.15) is 10.0 Å². The number of hydrogen-bond acceptors (Lipinski definition) is 10. The van der Waals surface area contributed by atoms with Crippen LogP contribution in [0.25, 0.3) is 10.8 Å². The maximum absolute atomic E-state index is 14.0. The summed E-state index contributed by atoms with van der Waals surface area (Å²) >= 11 is 0. The van der Waals surface area contributed by atoms with E-state index < -0.39 is 59.1 Å². The lowest BCUT2D eigenvalue weighted by Gasteiger charge is -2.20. The highest BCUT2D eigenvalue weighted by Gasteiger charge is 2.42. The second-order valence-corrected chi connectivity index (χ2v) is 13.9. The van der Waals surface area contributed by atoms with Crippen molar-refractivity contribution in [2.75, 3.05) is 9.80 Å². The van der Waals surface area contributed by atoms with Crippen molar-refractivity contribution in [3.63, 3.8) is 0 Å². The molecule has 4 heterocycles. The Balaban J connectivity index is 0.912. The Labute approximate surface area is 336 Å². The summed E-state index contributed by atoms with van der Waals surface area (Å²) in [5.41, 5.74) is 4.77. The Morgan fingerprint density at radius 1 is 0.333 bits per heavy atom. The molecule has 0 bridgehead atoms. The van der Waals surface area contributed by atoms with Crippen molar-refractivity contribution in [1.29, 1.82) is 0 Å². The van der Waals surface area contributed by atoms with Crippen LogP contribution in [-0.4, -0.2) is 69.1 Å². The second kappa shape index (κ2) is 12.8. The second-order valence-electron chi connectivity index (χ2n) is 13.9. The lowest BCUT2D eigenvalue weighted by atomic mass is 10.0. The molecule has 0 spiro atoms. The maximum Gasteiger partial charge on any atom is 0.280 e. The van der Waals surface area contributed by atoms with Gasteiger partial charge in [0.2, 0.25) is 0 Å². The minimum Gasteiger partial charge on any atom is -0.268 e. The molecule has 16 heteroatoms. The number of anilines is 2. The molecule has 6 aromatic carbocycles. The van der Waals surface area contributed by atoms with Crippen LogP contribution >= 0.6 is 0 Å². The lowest BCUT2D eigenvalue weighted by Crippen LogP contribution is -2.45. The number of hydrogen-bond donors (Lipinski definition) is 2. The lowest BCUT2D eigenvalue weighted by molar-refractivity contribution is 0.0513. The molecule has 60 heavy (non-hydrogen) atoms. The van der Waals surface area contributed by atoms with Crippen molar-refractivity contribution in [2.45, 2.75) is 0 Å². The minimum absolute atomic E-state index is 0.0198. The first-order valence-corrected chi connectivity index (χ1v) is 18.1. The first-order valence-electron chi connectivity index (χ1n) is 18.1. The molecule has 10 amide bonds. The summed E-state index contributed by atoms with van der Waals surface area (Å²) in [5.74, 6) is -7.66. The highest BCUT2D eigenvalue weighted by Crippen LogP contribution is 2.40. The normalized spacial score (nSPS) is 15.3. The fourth-order valence-corrected chi connectivity index (χ4v) is 7.78. The quantitative estimate of drug-likeness (QED) is 0.228. The summed E-state index contributed by atoms with van der Waals surface area (Å²) in [6.07, 6.45) is 0. The third-order valence-electron chi connectivity index (χ3n) is 10.7. The van der Waals surface area contributed by atoms with Crippen LogP contribution in [0.1, 0.15) is 104 Å². The van der Waals surface area contributed by atoms with Gasteiger partial charge in [0.1, 0.15) is 0 Å². The molecule has 16 nitrogen and oxygen atoms in total. The first-order chi connectivity index (χ1) is 28.9. The zero-order valence-electron chi connectivity index (χ0n) is 30.4. The number of nitrogens with one attached hydrogen (secondary N) is 2. The van der Waals surface area contributed by atoms with Gasteiger partial charge in [0, 0.05) is 21.9 Å². The molecule has 0 saturated carbocycles. The zero-order valence-corrected chi connectivity index (χ0v) is 30.4. The maximum atomic E-state index is 14.0. The Hall–Kier alpha value is -8.92. The van der Waals surface area contributed by atoms with Crippen LogP contribution in [0, 0.1) is 0 Å². The van der Waals surface area contributed by atoms with Crippen LogP contribution in [-0.2, 0) is 0 Å². The standard InChI is InChI=1S/C44H22N6O10/c51-35(45-49-41(57)25-7-1-2-8-26(25)42(49)58)21-15-17-29-31(19-21)39(55)47(37(29)53)33-13-5-12-24-23(33)11-6-14-34(24)48-38(54)30-18-16-22(20-32(30)40(48)56)36(52)46-50-43(59)27-9-3-4-10-28(27)44(50)60/h1-20H,(H,45,51)(H,46,52). The van der Waals surface area contributed by atoms with Crippen LogP contribution in [0.5, 0.6) is 0 Å². The molecule has 6 aromatic rings. The summed E-state index contributed by atoms with van der Waals surface area (Å²) in [6.45, 7) is 0. The smallest absolute Gasteiger partial charge is 0.268 e. The summed E-state index contributed by atoms with van der Waals surface area (Å²) in [4.78, 5) is 135. The molecule has 288 valence electrons. The number of nitrogens with zero attached hydrogens (tertiary/aromatic N) is 4. The van der Waals surface area contributed by atoms with Gasteiger partial charge in [-0.3, -0.25) is 58.8 Å². The average Bonchev–Trinajstić information content (AvgIpc) is 3.86. The van der Waals surface area contributed by atoms with Crippen molar-refractivity contribution in [3.05, 3.63) is 177 Å². The summed E-state index contributed by atoms with van der Waals surface area (Å²) in [7, 11) is 0. The highest BCUT2D eigenvalue weighted by atomic mass is 16.2. The van der Waals surface area contributed by atoms with E-state index >= 15 is 0 Å². The van der Waals surface area contributed by atoms with E-state index in [9.17, 15) is 47.9 Å². The number of hydrazine groups is 2. The molecule has 0 radical (unpaired) electrons. The van der Waals surface area contributed by atoms with Crippen LogP contribution in [0.2, 0.25) is 0 Å². The molecule has 4 aliphatic heterocycles. The molecule has 4 aliphatic rings. The van der Waals surface area contributed by atoms with Crippen LogP contribution in [0.15, 0.2) is 121 Å². The van der Waals surface area contributed by atoms with E-state index in [4.69, 9.17) is 0 Å². The molecule has 0 unspecified atom stereocenters. The van der Waals surface area contributed by atoms with E-state index in [-0.39, 0.29) is 67.0 Å². The van der Waals surface area contributed by atoms with Gasteiger partial charge in [-0.05, 0) is 72.8 Å². The van der Waals surface area contributed by atoms with Gasteiger partial charge in [-0.1, -0.05) is 48.5 Å². The molecule has 0 atom stereocenters. The molecule has 0 saturated heterocycles. The summed E-state index contributed by atoms with van der Waals surface area (Å²) in [5, 5.41) is 1.79. The van der Waals surface area contributed by atoms with Crippen LogP contribution in [0.3, 0.4) is 0 Å². The Bertz CT molecular complexity index is 2860. The first kappa shape index (κ1) is 35.5.